The van der Waals surface area contributed by atoms with E-state index in [1.54, 1.807) is 6.92 Å². The van der Waals surface area contributed by atoms with Crippen LogP contribution >= 0.6 is 0 Å². The predicted octanol–water partition coefficient (Wildman–Crippen LogP) is 1.65. The van der Waals surface area contributed by atoms with E-state index >= 15 is 0 Å². The largest absolute Gasteiger partial charge is 0.465 e. The van der Waals surface area contributed by atoms with Gasteiger partial charge >= 0.3 is 5.97 Å². The topological polar surface area (TPSA) is 38.3 Å². The number of carbonyl (C=O) groups excluding carboxylic acids is 1. The number of hydrogen-bond donors (Lipinski definition) is 1. The maximum absolute atomic E-state index is 12.8. The van der Waals surface area contributed by atoms with Gasteiger partial charge in [-0.2, -0.15) is 0 Å². The van der Waals surface area contributed by atoms with E-state index in [2.05, 4.69) is 11.2 Å². The van der Waals surface area contributed by atoms with Gasteiger partial charge in [-0.1, -0.05) is 18.1 Å². The van der Waals surface area contributed by atoms with Crippen LogP contribution in [0, 0.1) is 18.2 Å². The summed E-state index contributed by atoms with van der Waals surface area (Å²) in [4.78, 5) is 11.7. The van der Waals surface area contributed by atoms with Gasteiger partial charge < -0.3 is 4.74 Å². The van der Waals surface area contributed by atoms with E-state index in [4.69, 9.17) is 11.2 Å². The monoisotopic (exact) mass is 235 g/mol. The molecule has 17 heavy (non-hydrogen) atoms. The molecular formula is C13H14FNO2. The number of halogens is 1. The average molecular weight is 235 g/mol. The standard InChI is InChI=1S/C13H14FNO2/c1-3-9-15-12(13(16)17-4-2)10-5-7-11(14)8-6-10/h1,5-8,12,15H,4,9H2,2H3. The van der Waals surface area contributed by atoms with Crippen molar-refractivity contribution in [2.45, 2.75) is 13.0 Å². The second-order valence-electron chi connectivity index (χ2n) is 3.32. The van der Waals surface area contributed by atoms with Crippen LogP contribution < -0.4 is 5.32 Å². The lowest BCUT2D eigenvalue weighted by Gasteiger charge is -2.16. The fourth-order valence-corrected chi connectivity index (χ4v) is 1.38. The Hall–Kier alpha value is -1.86. The quantitative estimate of drug-likeness (QED) is 0.623. The van der Waals surface area contributed by atoms with E-state index in [1.165, 1.54) is 24.3 Å². The van der Waals surface area contributed by atoms with Crippen LogP contribution in [0.2, 0.25) is 0 Å². The molecule has 0 saturated heterocycles. The molecular weight excluding hydrogens is 221 g/mol. The number of benzene rings is 1. The van der Waals surface area contributed by atoms with Crippen LogP contribution in [0.3, 0.4) is 0 Å². The third kappa shape index (κ3) is 3.89. The number of terminal acetylenes is 1. The fraction of sp³-hybridized carbons (Fsp3) is 0.308. The second kappa shape index (κ2) is 6.66. The number of rotatable bonds is 5. The van der Waals surface area contributed by atoms with Crippen molar-refractivity contribution in [2.75, 3.05) is 13.2 Å². The number of nitrogens with one attached hydrogen (secondary N) is 1. The van der Waals surface area contributed by atoms with Crippen molar-refractivity contribution in [1.29, 1.82) is 0 Å². The van der Waals surface area contributed by atoms with Crippen molar-refractivity contribution < 1.29 is 13.9 Å². The first-order valence-electron chi connectivity index (χ1n) is 5.28. The molecule has 0 amide bonds. The molecule has 4 heteroatoms. The number of esters is 1. The number of hydrogen-bond acceptors (Lipinski definition) is 3. The van der Waals surface area contributed by atoms with Gasteiger partial charge in [-0.05, 0) is 24.6 Å². The minimum Gasteiger partial charge on any atom is -0.465 e. The van der Waals surface area contributed by atoms with Crippen molar-refractivity contribution in [3.05, 3.63) is 35.6 Å². The molecule has 1 rings (SSSR count). The van der Waals surface area contributed by atoms with Crippen LogP contribution in [0.1, 0.15) is 18.5 Å². The Morgan fingerprint density at radius 1 is 1.53 bits per heavy atom. The van der Waals surface area contributed by atoms with E-state index in [0.717, 1.165) is 0 Å². The second-order valence-corrected chi connectivity index (χ2v) is 3.32. The molecule has 0 fully saturated rings. The molecule has 0 saturated carbocycles. The summed E-state index contributed by atoms with van der Waals surface area (Å²) in [5.74, 6) is 1.61. The number of ether oxygens (including phenoxy) is 1. The van der Waals surface area contributed by atoms with Gasteiger partial charge in [-0.3, -0.25) is 5.32 Å². The zero-order valence-corrected chi connectivity index (χ0v) is 9.57. The zero-order valence-electron chi connectivity index (χ0n) is 9.57. The highest BCUT2D eigenvalue weighted by Crippen LogP contribution is 2.15. The molecule has 0 spiro atoms. The summed E-state index contributed by atoms with van der Waals surface area (Å²) in [7, 11) is 0. The van der Waals surface area contributed by atoms with Crippen molar-refractivity contribution in [1.82, 2.24) is 5.32 Å². The smallest absolute Gasteiger partial charge is 0.327 e. The lowest BCUT2D eigenvalue weighted by atomic mass is 10.1. The maximum Gasteiger partial charge on any atom is 0.327 e. The van der Waals surface area contributed by atoms with Crippen LogP contribution in [0.15, 0.2) is 24.3 Å². The first-order valence-corrected chi connectivity index (χ1v) is 5.28. The molecule has 90 valence electrons. The molecule has 0 aliphatic rings. The minimum atomic E-state index is -0.661. The van der Waals surface area contributed by atoms with E-state index < -0.39 is 12.0 Å². The molecule has 0 aliphatic heterocycles. The van der Waals surface area contributed by atoms with Gasteiger partial charge in [0.05, 0.1) is 13.2 Å². The lowest BCUT2D eigenvalue weighted by molar-refractivity contribution is -0.145. The van der Waals surface area contributed by atoms with Gasteiger partial charge in [0.25, 0.3) is 0 Å². The summed E-state index contributed by atoms with van der Waals surface area (Å²) < 4.78 is 17.7. The van der Waals surface area contributed by atoms with Crippen LogP contribution in [0.4, 0.5) is 4.39 Å². The third-order valence-electron chi connectivity index (χ3n) is 2.13. The molecule has 0 aromatic heterocycles. The molecule has 1 N–H and O–H groups in total. The molecule has 0 aliphatic carbocycles. The Bertz CT molecular complexity index is 408. The van der Waals surface area contributed by atoms with Gasteiger partial charge in [0, 0.05) is 0 Å². The highest BCUT2D eigenvalue weighted by Gasteiger charge is 2.20. The first-order chi connectivity index (χ1) is 8.19. The van der Waals surface area contributed by atoms with E-state index in [9.17, 15) is 9.18 Å². The van der Waals surface area contributed by atoms with Crippen molar-refractivity contribution in [3.63, 3.8) is 0 Å². The molecule has 0 radical (unpaired) electrons. The minimum absolute atomic E-state index is 0.237. The van der Waals surface area contributed by atoms with Gasteiger partial charge in [-0.15, -0.1) is 6.42 Å². The maximum atomic E-state index is 12.8. The lowest BCUT2D eigenvalue weighted by Crippen LogP contribution is -2.30. The zero-order chi connectivity index (χ0) is 12.7. The molecule has 1 unspecified atom stereocenters. The first kappa shape index (κ1) is 13.2. The normalized spacial score (nSPS) is 11.6. The molecule has 1 aromatic carbocycles. The van der Waals surface area contributed by atoms with Gasteiger partial charge in [0.1, 0.15) is 11.9 Å². The molecule has 1 atom stereocenters. The van der Waals surface area contributed by atoms with Crippen molar-refractivity contribution >= 4 is 5.97 Å². The van der Waals surface area contributed by atoms with Gasteiger partial charge in [-0.25, -0.2) is 9.18 Å². The summed E-state index contributed by atoms with van der Waals surface area (Å²) >= 11 is 0. The molecule has 1 aromatic rings. The van der Waals surface area contributed by atoms with Gasteiger partial charge in [0.15, 0.2) is 0 Å². The van der Waals surface area contributed by atoms with E-state index in [0.29, 0.717) is 5.56 Å². The summed E-state index contributed by atoms with van der Waals surface area (Å²) in [5.41, 5.74) is 0.625. The van der Waals surface area contributed by atoms with Crippen LogP contribution in [-0.2, 0) is 9.53 Å². The van der Waals surface area contributed by atoms with Crippen LogP contribution in [0.25, 0.3) is 0 Å². The van der Waals surface area contributed by atoms with E-state index in [-0.39, 0.29) is 19.0 Å². The van der Waals surface area contributed by atoms with E-state index in [1.807, 2.05) is 0 Å². The SMILES string of the molecule is C#CCNC(C(=O)OCC)c1ccc(F)cc1. The average Bonchev–Trinajstić information content (AvgIpc) is 2.32. The van der Waals surface area contributed by atoms with Crippen molar-refractivity contribution in [2.24, 2.45) is 0 Å². The Kier molecular flexibility index (Phi) is 5.18. The molecule has 0 bridgehead atoms. The fourth-order valence-electron chi connectivity index (χ4n) is 1.38. The number of carbonyl (C=O) groups is 1. The predicted molar refractivity (Wildman–Crippen MR) is 62.6 cm³/mol. The van der Waals surface area contributed by atoms with Crippen LogP contribution in [-0.4, -0.2) is 19.1 Å². The summed E-state index contributed by atoms with van der Waals surface area (Å²) in [6.45, 7) is 2.25. The molecule has 0 heterocycles. The Labute approximate surface area is 100.0 Å². The Morgan fingerprint density at radius 3 is 2.71 bits per heavy atom. The third-order valence-corrected chi connectivity index (χ3v) is 2.13. The summed E-state index contributed by atoms with van der Waals surface area (Å²) in [5, 5.41) is 2.86. The highest BCUT2D eigenvalue weighted by molar-refractivity contribution is 5.77. The highest BCUT2D eigenvalue weighted by atomic mass is 19.1. The Morgan fingerprint density at radius 2 is 2.18 bits per heavy atom. The summed E-state index contributed by atoms with van der Waals surface area (Å²) in [6.07, 6.45) is 5.13. The molecule has 3 nitrogen and oxygen atoms in total. The van der Waals surface area contributed by atoms with Crippen LogP contribution in [0.5, 0.6) is 0 Å². The van der Waals surface area contributed by atoms with Crippen molar-refractivity contribution in [3.8, 4) is 12.3 Å². The van der Waals surface area contributed by atoms with Gasteiger partial charge in [0.2, 0.25) is 0 Å². The summed E-state index contributed by atoms with van der Waals surface area (Å²) in [6, 6.07) is 4.98. The Balaban J connectivity index is 2.85.